The molecule has 8 atom stereocenters. The molecule has 1 aromatic heterocycles. The number of Topliss-reactive ketones (excluding diaryl/α,β-unsaturated/α-hetero) is 1. The highest BCUT2D eigenvalue weighted by Gasteiger charge is 2.96. The number of hydrogen-bond acceptors (Lipinski definition) is 7. The van der Waals surface area contributed by atoms with Gasteiger partial charge in [0.1, 0.15) is 11.6 Å². The van der Waals surface area contributed by atoms with Crippen LogP contribution >= 0.6 is 0 Å². The monoisotopic (exact) mass is 394 g/mol. The SMILES string of the molecule is O=C1C2C3CC4C2C2(C(=O)OCC(=O)N5CCN(c6cnccn6)CC5)C1C3C42. The highest BCUT2D eigenvalue weighted by Crippen LogP contribution is 2.92. The van der Waals surface area contributed by atoms with Crippen molar-refractivity contribution in [1.82, 2.24) is 14.9 Å². The fourth-order valence-electron chi connectivity index (χ4n) is 8.36. The molecule has 0 aromatic carbocycles. The Labute approximate surface area is 167 Å². The summed E-state index contributed by atoms with van der Waals surface area (Å²) < 4.78 is 5.54. The van der Waals surface area contributed by atoms with Crippen LogP contribution in [-0.4, -0.2) is 65.3 Å². The summed E-state index contributed by atoms with van der Waals surface area (Å²) in [6.45, 7) is 2.27. The van der Waals surface area contributed by atoms with Gasteiger partial charge < -0.3 is 14.5 Å². The van der Waals surface area contributed by atoms with Crippen LogP contribution < -0.4 is 4.90 Å². The molecule has 150 valence electrons. The van der Waals surface area contributed by atoms with Gasteiger partial charge in [-0.2, -0.15) is 0 Å². The predicted octanol–water partition coefficient (Wildman–Crippen LogP) is -0.00460. The number of piperazine rings is 1. The lowest BCUT2D eigenvalue weighted by Gasteiger charge is -2.69. The number of amides is 1. The van der Waals surface area contributed by atoms with Crippen LogP contribution in [0, 0.1) is 46.8 Å². The number of esters is 1. The lowest BCUT2D eigenvalue weighted by Crippen LogP contribution is -2.74. The fourth-order valence-corrected chi connectivity index (χ4v) is 8.36. The van der Waals surface area contributed by atoms with E-state index < -0.39 is 5.41 Å². The maximum Gasteiger partial charge on any atom is 0.313 e. The van der Waals surface area contributed by atoms with E-state index in [0.717, 1.165) is 12.2 Å². The van der Waals surface area contributed by atoms with Crippen molar-refractivity contribution in [3.05, 3.63) is 18.6 Å². The number of ketones is 1. The molecule has 8 nitrogen and oxygen atoms in total. The molecule has 6 saturated carbocycles. The van der Waals surface area contributed by atoms with Crippen molar-refractivity contribution in [2.24, 2.45) is 46.8 Å². The van der Waals surface area contributed by atoms with Crippen LogP contribution in [0.5, 0.6) is 0 Å². The number of ether oxygens (including phenoxy) is 1. The smallest absolute Gasteiger partial charge is 0.313 e. The number of nitrogens with zero attached hydrogens (tertiary/aromatic N) is 4. The van der Waals surface area contributed by atoms with E-state index in [-0.39, 0.29) is 36.2 Å². The molecule has 4 bridgehead atoms. The number of aromatic nitrogens is 2. The minimum absolute atomic E-state index is 0.0932. The Kier molecular flexibility index (Phi) is 2.89. The summed E-state index contributed by atoms with van der Waals surface area (Å²) in [5, 5.41) is 0. The molecule has 2 heterocycles. The number of hydrogen-bond donors (Lipinski definition) is 0. The molecule has 8 heteroatoms. The molecule has 0 spiro atoms. The van der Waals surface area contributed by atoms with Crippen molar-refractivity contribution >= 4 is 23.5 Å². The van der Waals surface area contributed by atoms with Gasteiger partial charge >= 0.3 is 5.97 Å². The second-order valence-electron chi connectivity index (χ2n) is 9.54. The average Bonchev–Trinajstić information content (AvgIpc) is 3.28. The Hall–Kier alpha value is -2.51. The van der Waals surface area contributed by atoms with Crippen molar-refractivity contribution in [2.45, 2.75) is 6.42 Å². The molecule has 8 unspecified atom stereocenters. The summed E-state index contributed by atoms with van der Waals surface area (Å²) in [5.74, 6) is 2.88. The summed E-state index contributed by atoms with van der Waals surface area (Å²) in [7, 11) is 0. The Bertz CT molecular complexity index is 945. The van der Waals surface area contributed by atoms with E-state index in [0.29, 0.717) is 55.6 Å². The molecule has 7 aliphatic rings. The van der Waals surface area contributed by atoms with Gasteiger partial charge in [0.25, 0.3) is 5.91 Å². The Morgan fingerprint density at radius 2 is 1.97 bits per heavy atom. The molecule has 8 rings (SSSR count). The number of rotatable bonds is 4. The lowest BCUT2D eigenvalue weighted by atomic mass is 9.32. The van der Waals surface area contributed by atoms with E-state index in [2.05, 4.69) is 14.9 Å². The Balaban J connectivity index is 0.977. The van der Waals surface area contributed by atoms with E-state index in [4.69, 9.17) is 4.74 Å². The van der Waals surface area contributed by atoms with Crippen LogP contribution in [0.1, 0.15) is 6.42 Å². The molecule has 0 N–H and O–H groups in total. The van der Waals surface area contributed by atoms with E-state index in [1.807, 2.05) is 0 Å². The largest absolute Gasteiger partial charge is 0.455 e. The van der Waals surface area contributed by atoms with Crippen LogP contribution in [0.2, 0.25) is 0 Å². The molecule has 1 aliphatic heterocycles. The standard InChI is InChI=1S/C21H22N4O4/c26-13(25-5-3-24(4-6-25)12-8-22-1-2-23-12)9-29-20(28)21-16-11-7-10-14(16)18(21)19(27)15(10)17(11)21/h1-2,8,10-11,14-18H,3-7,9H2. The van der Waals surface area contributed by atoms with E-state index in [1.54, 1.807) is 23.5 Å². The van der Waals surface area contributed by atoms with Gasteiger partial charge in [-0.15, -0.1) is 0 Å². The summed E-state index contributed by atoms with van der Waals surface area (Å²) in [4.78, 5) is 50.4. The Morgan fingerprint density at radius 1 is 1.14 bits per heavy atom. The molecule has 1 amide bonds. The highest BCUT2D eigenvalue weighted by atomic mass is 16.5. The predicted molar refractivity (Wildman–Crippen MR) is 98.3 cm³/mol. The van der Waals surface area contributed by atoms with Gasteiger partial charge in [-0.25, -0.2) is 4.98 Å². The quantitative estimate of drug-likeness (QED) is 0.664. The highest BCUT2D eigenvalue weighted by molar-refractivity contribution is 6.03. The maximum atomic E-state index is 13.0. The first-order valence-electron chi connectivity index (χ1n) is 10.6. The molecule has 1 aromatic rings. The first-order chi connectivity index (χ1) is 14.1. The van der Waals surface area contributed by atoms with Gasteiger partial charge in [0.2, 0.25) is 0 Å². The third kappa shape index (κ3) is 1.64. The summed E-state index contributed by atoms with van der Waals surface area (Å²) >= 11 is 0. The number of carbonyl (C=O) groups is 3. The summed E-state index contributed by atoms with van der Waals surface area (Å²) in [6.07, 6.45) is 6.15. The first kappa shape index (κ1) is 16.3. The van der Waals surface area contributed by atoms with Crippen LogP contribution in [0.3, 0.4) is 0 Å². The van der Waals surface area contributed by atoms with Crippen LogP contribution in [0.25, 0.3) is 0 Å². The normalized spacial score (nSPS) is 44.7. The molecule has 6 aliphatic carbocycles. The van der Waals surface area contributed by atoms with Gasteiger partial charge in [0, 0.05) is 50.4 Å². The zero-order valence-electron chi connectivity index (χ0n) is 15.9. The van der Waals surface area contributed by atoms with E-state index in [1.165, 1.54) is 0 Å². The zero-order chi connectivity index (χ0) is 19.5. The second-order valence-corrected chi connectivity index (χ2v) is 9.54. The topological polar surface area (TPSA) is 92.7 Å². The number of anilines is 1. The van der Waals surface area contributed by atoms with Gasteiger partial charge in [-0.3, -0.25) is 19.4 Å². The van der Waals surface area contributed by atoms with Gasteiger partial charge in [-0.1, -0.05) is 0 Å². The van der Waals surface area contributed by atoms with Crippen LogP contribution in [0.4, 0.5) is 5.82 Å². The third-order valence-corrected chi connectivity index (χ3v) is 9.05. The summed E-state index contributed by atoms with van der Waals surface area (Å²) in [6, 6.07) is 0. The van der Waals surface area contributed by atoms with Gasteiger partial charge in [-0.05, 0) is 36.0 Å². The fraction of sp³-hybridized carbons (Fsp3) is 0.667. The maximum absolute atomic E-state index is 13.0. The minimum Gasteiger partial charge on any atom is -0.455 e. The molecular formula is C21H22N4O4. The van der Waals surface area contributed by atoms with Crippen molar-refractivity contribution in [3.8, 4) is 0 Å². The van der Waals surface area contributed by atoms with Crippen molar-refractivity contribution < 1.29 is 19.1 Å². The second kappa shape index (κ2) is 5.15. The molecule has 1 saturated heterocycles. The lowest BCUT2D eigenvalue weighted by molar-refractivity contribution is -0.264. The minimum atomic E-state index is -0.547. The molecule has 0 radical (unpaired) electrons. The van der Waals surface area contributed by atoms with Crippen LogP contribution in [0.15, 0.2) is 18.6 Å². The molecule has 29 heavy (non-hydrogen) atoms. The third-order valence-electron chi connectivity index (χ3n) is 9.05. The molecule has 7 fully saturated rings. The van der Waals surface area contributed by atoms with Gasteiger partial charge in [0.15, 0.2) is 6.61 Å². The molecular weight excluding hydrogens is 372 g/mol. The van der Waals surface area contributed by atoms with Crippen molar-refractivity contribution in [2.75, 3.05) is 37.7 Å². The van der Waals surface area contributed by atoms with E-state index in [9.17, 15) is 14.4 Å². The van der Waals surface area contributed by atoms with E-state index >= 15 is 0 Å². The Morgan fingerprint density at radius 3 is 2.69 bits per heavy atom. The first-order valence-corrected chi connectivity index (χ1v) is 10.6. The summed E-state index contributed by atoms with van der Waals surface area (Å²) in [5.41, 5.74) is -0.547. The van der Waals surface area contributed by atoms with Crippen molar-refractivity contribution in [1.29, 1.82) is 0 Å². The average molecular weight is 394 g/mol. The van der Waals surface area contributed by atoms with Crippen molar-refractivity contribution in [3.63, 3.8) is 0 Å². The zero-order valence-corrected chi connectivity index (χ0v) is 15.9. The van der Waals surface area contributed by atoms with Crippen LogP contribution in [-0.2, 0) is 19.1 Å². The number of carbonyl (C=O) groups excluding carboxylic acids is 3. The van der Waals surface area contributed by atoms with Gasteiger partial charge in [0.05, 0.1) is 11.6 Å².